The molecule has 4 heteroatoms. The van der Waals surface area contributed by atoms with Gasteiger partial charge in [0, 0.05) is 25.2 Å². The lowest BCUT2D eigenvalue weighted by atomic mass is 9.94. The zero-order chi connectivity index (χ0) is 15.5. The number of likely N-dealkylation sites (N-methyl/N-ethyl adjacent to an activating group) is 1. The van der Waals surface area contributed by atoms with E-state index in [4.69, 9.17) is 0 Å². The Morgan fingerprint density at radius 1 is 1.14 bits per heavy atom. The first-order valence-electron chi connectivity index (χ1n) is 7.55. The Kier molecular flexibility index (Phi) is 4.11. The molecule has 0 bridgehead atoms. The van der Waals surface area contributed by atoms with Gasteiger partial charge in [-0.3, -0.25) is 4.79 Å². The Morgan fingerprint density at radius 3 is 2.73 bits per heavy atom. The van der Waals surface area contributed by atoms with Gasteiger partial charge >= 0.3 is 0 Å². The number of hydrogen-bond acceptors (Lipinski definition) is 3. The maximum atomic E-state index is 12.4. The average molecular weight is 295 g/mol. The molecule has 0 aliphatic carbocycles. The van der Waals surface area contributed by atoms with Gasteiger partial charge in [-0.1, -0.05) is 30.3 Å². The molecule has 22 heavy (non-hydrogen) atoms. The quantitative estimate of drug-likeness (QED) is 0.777. The van der Waals surface area contributed by atoms with E-state index in [9.17, 15) is 4.79 Å². The van der Waals surface area contributed by atoms with Crippen molar-refractivity contribution < 1.29 is 4.79 Å². The second-order valence-electron chi connectivity index (χ2n) is 5.86. The summed E-state index contributed by atoms with van der Waals surface area (Å²) in [6, 6.07) is 14.1. The molecule has 0 saturated carbocycles. The third kappa shape index (κ3) is 2.97. The van der Waals surface area contributed by atoms with Gasteiger partial charge in [0.25, 0.3) is 5.91 Å². The molecular weight excluding hydrogens is 274 g/mol. The zero-order valence-electron chi connectivity index (χ0n) is 13.0. The maximum absolute atomic E-state index is 12.4. The number of anilines is 2. The first kappa shape index (κ1) is 14.6. The molecule has 2 aromatic carbocycles. The van der Waals surface area contributed by atoms with Crippen molar-refractivity contribution >= 4 is 17.3 Å². The molecule has 1 aliphatic rings. The van der Waals surface area contributed by atoms with Crippen molar-refractivity contribution in [3.63, 3.8) is 0 Å². The minimum absolute atomic E-state index is 0.0226. The number of hydrogen-bond donors (Lipinski definition) is 2. The highest BCUT2D eigenvalue weighted by Gasteiger charge is 2.20. The fraction of sp³-hybridized carbons (Fsp3) is 0.278. The van der Waals surface area contributed by atoms with Crippen molar-refractivity contribution in [3.05, 3.63) is 59.2 Å². The molecule has 1 heterocycles. The van der Waals surface area contributed by atoms with Crippen LogP contribution < -0.4 is 10.6 Å². The van der Waals surface area contributed by atoms with Crippen LogP contribution >= 0.6 is 0 Å². The third-order valence-electron chi connectivity index (χ3n) is 3.90. The number of carbonyl (C=O) groups excluding carboxylic acids is 1. The van der Waals surface area contributed by atoms with Gasteiger partial charge in [-0.2, -0.15) is 0 Å². The van der Waals surface area contributed by atoms with Gasteiger partial charge in [-0.05, 0) is 37.4 Å². The van der Waals surface area contributed by atoms with E-state index in [1.807, 2.05) is 38.4 Å². The molecule has 2 aromatic rings. The average Bonchev–Trinajstić information content (AvgIpc) is 2.51. The molecule has 2 N–H and O–H groups in total. The van der Waals surface area contributed by atoms with Crippen LogP contribution in [0.2, 0.25) is 0 Å². The summed E-state index contributed by atoms with van der Waals surface area (Å²) >= 11 is 0. The van der Waals surface area contributed by atoms with Gasteiger partial charge in [0.1, 0.15) is 0 Å². The molecule has 1 amide bonds. The van der Waals surface area contributed by atoms with E-state index < -0.39 is 0 Å². The molecule has 0 atom stereocenters. The van der Waals surface area contributed by atoms with E-state index in [2.05, 4.69) is 33.7 Å². The van der Waals surface area contributed by atoms with Gasteiger partial charge in [0.05, 0.1) is 11.3 Å². The predicted octanol–water partition coefficient (Wildman–Crippen LogP) is 2.63. The number of rotatable bonds is 4. The van der Waals surface area contributed by atoms with E-state index in [0.29, 0.717) is 12.1 Å². The van der Waals surface area contributed by atoms with Crippen LogP contribution in [0.3, 0.4) is 0 Å². The summed E-state index contributed by atoms with van der Waals surface area (Å²) in [5, 5.41) is 6.40. The van der Waals surface area contributed by atoms with Crippen LogP contribution in [0.5, 0.6) is 0 Å². The van der Waals surface area contributed by atoms with Crippen LogP contribution in [0.1, 0.15) is 21.5 Å². The lowest BCUT2D eigenvalue weighted by molar-refractivity contribution is 0.0952. The van der Waals surface area contributed by atoms with Gasteiger partial charge < -0.3 is 15.5 Å². The highest BCUT2D eigenvalue weighted by atomic mass is 16.1. The van der Waals surface area contributed by atoms with Crippen molar-refractivity contribution in [2.24, 2.45) is 0 Å². The maximum Gasteiger partial charge on any atom is 0.253 e. The fourth-order valence-electron chi connectivity index (χ4n) is 2.71. The zero-order valence-corrected chi connectivity index (χ0v) is 13.0. The Bertz CT molecular complexity index is 694. The van der Waals surface area contributed by atoms with E-state index >= 15 is 0 Å². The highest BCUT2D eigenvalue weighted by molar-refractivity contribution is 6.01. The number of amides is 1. The summed E-state index contributed by atoms with van der Waals surface area (Å²) in [6.45, 7) is 1.48. The van der Waals surface area contributed by atoms with Crippen LogP contribution in [0.4, 0.5) is 11.4 Å². The third-order valence-corrected chi connectivity index (χ3v) is 3.90. The molecule has 0 spiro atoms. The number of nitrogens with zero attached hydrogens (tertiary/aromatic N) is 1. The summed E-state index contributed by atoms with van der Waals surface area (Å²) in [7, 11) is 3.99. The lowest BCUT2D eigenvalue weighted by Crippen LogP contribution is -2.32. The number of fused-ring (bicyclic) bond motifs is 2. The SMILES string of the molecule is CN(C)CCNC(=O)c1cccc2c1Nc1ccccc1C2. The summed E-state index contributed by atoms with van der Waals surface area (Å²) < 4.78 is 0. The van der Waals surface area contributed by atoms with Crippen LogP contribution in [0.15, 0.2) is 42.5 Å². The number of carbonyl (C=O) groups is 1. The molecule has 0 saturated heterocycles. The van der Waals surface area contributed by atoms with Gasteiger partial charge in [0.2, 0.25) is 0 Å². The molecule has 0 unspecified atom stereocenters. The van der Waals surface area contributed by atoms with Crippen molar-refractivity contribution in [3.8, 4) is 0 Å². The molecule has 4 nitrogen and oxygen atoms in total. The topological polar surface area (TPSA) is 44.4 Å². The first-order valence-corrected chi connectivity index (χ1v) is 7.55. The molecule has 3 rings (SSSR count). The minimum Gasteiger partial charge on any atom is -0.354 e. The highest BCUT2D eigenvalue weighted by Crippen LogP contribution is 2.34. The number of benzene rings is 2. The van der Waals surface area contributed by atoms with Crippen LogP contribution in [-0.4, -0.2) is 38.0 Å². The smallest absolute Gasteiger partial charge is 0.253 e. The normalized spacial score (nSPS) is 12.3. The second-order valence-corrected chi connectivity index (χ2v) is 5.86. The van der Waals surface area contributed by atoms with Crippen LogP contribution in [0, 0.1) is 0 Å². The summed E-state index contributed by atoms with van der Waals surface area (Å²) in [5.74, 6) is -0.0226. The van der Waals surface area contributed by atoms with E-state index in [0.717, 1.165) is 24.3 Å². The van der Waals surface area contributed by atoms with Gasteiger partial charge in [0.15, 0.2) is 0 Å². The fourth-order valence-corrected chi connectivity index (χ4v) is 2.71. The second kappa shape index (κ2) is 6.20. The molecule has 114 valence electrons. The predicted molar refractivity (Wildman–Crippen MR) is 89.9 cm³/mol. The Morgan fingerprint density at radius 2 is 1.91 bits per heavy atom. The van der Waals surface area contributed by atoms with E-state index in [1.54, 1.807) is 0 Å². The van der Waals surface area contributed by atoms with E-state index in [1.165, 1.54) is 11.1 Å². The van der Waals surface area contributed by atoms with Crippen molar-refractivity contribution in [2.45, 2.75) is 6.42 Å². The summed E-state index contributed by atoms with van der Waals surface area (Å²) in [5.41, 5.74) is 5.16. The largest absolute Gasteiger partial charge is 0.354 e. The minimum atomic E-state index is -0.0226. The van der Waals surface area contributed by atoms with Crippen molar-refractivity contribution in [1.29, 1.82) is 0 Å². The first-order chi connectivity index (χ1) is 10.6. The Hall–Kier alpha value is -2.33. The molecular formula is C18H21N3O. The monoisotopic (exact) mass is 295 g/mol. The number of para-hydroxylation sites is 2. The summed E-state index contributed by atoms with van der Waals surface area (Å²) in [4.78, 5) is 14.5. The van der Waals surface area contributed by atoms with Gasteiger partial charge in [-0.15, -0.1) is 0 Å². The van der Waals surface area contributed by atoms with Crippen LogP contribution in [0.25, 0.3) is 0 Å². The van der Waals surface area contributed by atoms with Crippen molar-refractivity contribution in [2.75, 3.05) is 32.5 Å². The molecule has 0 aromatic heterocycles. The van der Waals surface area contributed by atoms with Gasteiger partial charge in [-0.25, -0.2) is 0 Å². The summed E-state index contributed by atoms with van der Waals surface area (Å²) in [6.07, 6.45) is 0.858. The van der Waals surface area contributed by atoms with Crippen molar-refractivity contribution in [1.82, 2.24) is 10.2 Å². The number of nitrogens with one attached hydrogen (secondary N) is 2. The Labute approximate surface area is 131 Å². The van der Waals surface area contributed by atoms with Crippen LogP contribution in [-0.2, 0) is 6.42 Å². The molecule has 1 aliphatic heterocycles. The standard InChI is InChI=1S/C18H21N3O/c1-21(2)11-10-19-18(22)15-8-5-7-14-12-13-6-3-4-9-16(13)20-17(14)15/h3-9,20H,10-12H2,1-2H3,(H,19,22). The Balaban J connectivity index is 1.82. The molecule has 0 fully saturated rings. The lowest BCUT2D eigenvalue weighted by Gasteiger charge is -2.23. The molecule has 0 radical (unpaired) electrons. The van der Waals surface area contributed by atoms with E-state index in [-0.39, 0.29) is 5.91 Å².